The van der Waals surface area contributed by atoms with Crippen LogP contribution in [0.2, 0.25) is 0 Å². The number of guanidine groups is 1. The molecule has 4 nitrogen and oxygen atoms in total. The lowest BCUT2D eigenvalue weighted by Gasteiger charge is -2.11. The smallest absolute Gasteiger partial charge is 0.361 e. The predicted octanol–water partition coefficient (Wildman–Crippen LogP) is 3.53. The number of nitrogens with zero attached hydrogens (tertiary/aromatic N) is 1. The monoisotopic (exact) mass is 340 g/mol. The molecule has 0 aliphatic carbocycles. The highest BCUT2D eigenvalue weighted by atomic mass is 19.4. The molecule has 2 aromatic rings. The summed E-state index contributed by atoms with van der Waals surface area (Å²) in [5.41, 5.74) is 3.48. The highest BCUT2D eigenvalue weighted by Crippen LogP contribution is 2.22. The van der Waals surface area contributed by atoms with Crippen molar-refractivity contribution in [2.45, 2.75) is 32.9 Å². The van der Waals surface area contributed by atoms with Crippen LogP contribution in [0.25, 0.3) is 10.9 Å². The average Bonchev–Trinajstić information content (AvgIpc) is 2.91. The third kappa shape index (κ3) is 5.18. The molecule has 0 spiro atoms. The fraction of sp³-hybridized carbons (Fsp3) is 0.471. The van der Waals surface area contributed by atoms with Crippen molar-refractivity contribution in [1.82, 2.24) is 15.6 Å². The van der Waals surface area contributed by atoms with E-state index in [1.54, 1.807) is 0 Å². The Morgan fingerprint density at radius 2 is 2.04 bits per heavy atom. The SMILES string of the molecule is CCNC(=NCCC(F)(F)F)NCCc1c[nH]c2cccc(C)c12. The number of aromatic nitrogens is 1. The fourth-order valence-corrected chi connectivity index (χ4v) is 2.60. The zero-order chi connectivity index (χ0) is 17.6. The third-order valence-electron chi connectivity index (χ3n) is 3.69. The van der Waals surface area contributed by atoms with Crippen LogP contribution >= 0.6 is 0 Å². The largest absolute Gasteiger partial charge is 0.390 e. The van der Waals surface area contributed by atoms with Crippen LogP contribution in [0.15, 0.2) is 29.4 Å². The van der Waals surface area contributed by atoms with Crippen LogP contribution < -0.4 is 10.6 Å². The summed E-state index contributed by atoms with van der Waals surface area (Å²) in [5.74, 6) is 0.415. The van der Waals surface area contributed by atoms with E-state index in [0.717, 1.165) is 11.9 Å². The minimum atomic E-state index is -4.18. The van der Waals surface area contributed by atoms with E-state index in [4.69, 9.17) is 0 Å². The molecule has 132 valence electrons. The van der Waals surface area contributed by atoms with Gasteiger partial charge in [-0.05, 0) is 37.5 Å². The first-order valence-electron chi connectivity index (χ1n) is 8.05. The molecule has 0 saturated carbocycles. The number of aryl methyl sites for hydroxylation is 1. The maximum atomic E-state index is 12.2. The minimum absolute atomic E-state index is 0.273. The molecule has 3 N–H and O–H groups in total. The van der Waals surface area contributed by atoms with Crippen molar-refractivity contribution in [3.05, 3.63) is 35.5 Å². The molecule has 0 amide bonds. The number of benzene rings is 1. The van der Waals surface area contributed by atoms with Gasteiger partial charge in [-0.25, -0.2) is 0 Å². The van der Waals surface area contributed by atoms with Crippen molar-refractivity contribution in [2.24, 2.45) is 4.99 Å². The second kappa shape index (κ2) is 8.08. The first kappa shape index (κ1) is 18.2. The molecule has 0 radical (unpaired) electrons. The molecule has 0 atom stereocenters. The summed E-state index contributed by atoms with van der Waals surface area (Å²) in [5, 5.41) is 7.26. The van der Waals surface area contributed by atoms with Gasteiger partial charge in [-0.1, -0.05) is 12.1 Å². The number of aromatic amines is 1. The Bertz CT molecular complexity index is 689. The van der Waals surface area contributed by atoms with Crippen molar-refractivity contribution < 1.29 is 13.2 Å². The van der Waals surface area contributed by atoms with E-state index in [2.05, 4.69) is 33.6 Å². The van der Waals surface area contributed by atoms with Gasteiger partial charge in [-0.2, -0.15) is 13.2 Å². The Hall–Kier alpha value is -2.18. The summed E-state index contributed by atoms with van der Waals surface area (Å²) in [6.45, 7) is 4.87. The van der Waals surface area contributed by atoms with Crippen molar-refractivity contribution in [3.63, 3.8) is 0 Å². The third-order valence-corrected chi connectivity index (χ3v) is 3.69. The minimum Gasteiger partial charge on any atom is -0.361 e. The van der Waals surface area contributed by atoms with Gasteiger partial charge in [0.05, 0.1) is 13.0 Å². The highest BCUT2D eigenvalue weighted by Gasteiger charge is 2.26. The lowest BCUT2D eigenvalue weighted by Crippen LogP contribution is -2.38. The van der Waals surface area contributed by atoms with Crippen LogP contribution in [0, 0.1) is 6.92 Å². The topological polar surface area (TPSA) is 52.2 Å². The highest BCUT2D eigenvalue weighted by molar-refractivity contribution is 5.86. The van der Waals surface area contributed by atoms with Gasteiger partial charge in [0.2, 0.25) is 0 Å². The van der Waals surface area contributed by atoms with Gasteiger partial charge >= 0.3 is 6.18 Å². The number of nitrogens with one attached hydrogen (secondary N) is 3. The summed E-state index contributed by atoms with van der Waals surface area (Å²) in [4.78, 5) is 7.21. The Morgan fingerprint density at radius 1 is 1.25 bits per heavy atom. The quantitative estimate of drug-likeness (QED) is 0.557. The number of fused-ring (bicyclic) bond motifs is 1. The first-order chi connectivity index (χ1) is 11.4. The summed E-state index contributed by atoms with van der Waals surface area (Å²) in [6.07, 6.45) is -2.35. The van der Waals surface area contributed by atoms with Crippen LogP contribution in [0.3, 0.4) is 0 Å². The normalized spacial score (nSPS) is 12.6. The molecule has 0 fully saturated rings. The number of hydrogen-bond donors (Lipinski definition) is 3. The van der Waals surface area contributed by atoms with Gasteiger partial charge in [0.15, 0.2) is 5.96 Å². The molecule has 1 aromatic carbocycles. The number of alkyl halides is 3. The second-order valence-electron chi connectivity index (χ2n) is 5.61. The maximum Gasteiger partial charge on any atom is 0.390 e. The zero-order valence-corrected chi connectivity index (χ0v) is 13.9. The van der Waals surface area contributed by atoms with E-state index in [1.807, 2.05) is 25.3 Å². The Morgan fingerprint density at radius 3 is 2.75 bits per heavy atom. The van der Waals surface area contributed by atoms with Gasteiger partial charge < -0.3 is 15.6 Å². The van der Waals surface area contributed by atoms with Crippen LogP contribution in [-0.2, 0) is 6.42 Å². The Balaban J connectivity index is 1.93. The predicted molar refractivity (Wildman–Crippen MR) is 91.4 cm³/mol. The van der Waals surface area contributed by atoms with E-state index in [-0.39, 0.29) is 6.54 Å². The van der Waals surface area contributed by atoms with Gasteiger partial charge in [-0.15, -0.1) is 0 Å². The van der Waals surface area contributed by atoms with Crippen LogP contribution in [-0.4, -0.2) is 36.8 Å². The van der Waals surface area contributed by atoms with E-state index in [9.17, 15) is 13.2 Å². The van der Waals surface area contributed by atoms with Gasteiger partial charge in [0.25, 0.3) is 0 Å². The molecule has 0 aliphatic heterocycles. The van der Waals surface area contributed by atoms with Crippen molar-refractivity contribution in [1.29, 1.82) is 0 Å². The van der Waals surface area contributed by atoms with E-state index < -0.39 is 12.6 Å². The number of rotatable bonds is 6. The van der Waals surface area contributed by atoms with Gasteiger partial charge in [0, 0.05) is 30.2 Å². The van der Waals surface area contributed by atoms with Crippen LogP contribution in [0.5, 0.6) is 0 Å². The molecule has 2 rings (SSSR count). The lowest BCUT2D eigenvalue weighted by molar-refractivity contribution is -0.132. The first-order valence-corrected chi connectivity index (χ1v) is 8.05. The van der Waals surface area contributed by atoms with Gasteiger partial charge in [-0.3, -0.25) is 4.99 Å². The van der Waals surface area contributed by atoms with E-state index >= 15 is 0 Å². The second-order valence-corrected chi connectivity index (χ2v) is 5.61. The molecule has 1 aromatic heterocycles. The number of hydrogen-bond acceptors (Lipinski definition) is 1. The lowest BCUT2D eigenvalue weighted by atomic mass is 10.1. The van der Waals surface area contributed by atoms with Crippen LogP contribution in [0.4, 0.5) is 13.2 Å². The number of halogens is 3. The maximum absolute atomic E-state index is 12.2. The molecule has 0 saturated heterocycles. The van der Waals surface area contributed by atoms with E-state index in [1.165, 1.54) is 16.5 Å². The Labute approximate surface area is 139 Å². The van der Waals surface area contributed by atoms with Crippen molar-refractivity contribution in [3.8, 4) is 0 Å². The van der Waals surface area contributed by atoms with Gasteiger partial charge in [0.1, 0.15) is 0 Å². The fourth-order valence-electron chi connectivity index (χ4n) is 2.60. The molecule has 24 heavy (non-hydrogen) atoms. The Kier molecular flexibility index (Phi) is 6.11. The summed E-state index contributed by atoms with van der Waals surface area (Å²) in [6, 6.07) is 6.10. The molecular weight excluding hydrogens is 317 g/mol. The molecule has 0 unspecified atom stereocenters. The average molecular weight is 340 g/mol. The van der Waals surface area contributed by atoms with Crippen LogP contribution in [0.1, 0.15) is 24.5 Å². The van der Waals surface area contributed by atoms with E-state index in [0.29, 0.717) is 19.0 Å². The molecular formula is C17H23F3N4. The van der Waals surface area contributed by atoms with Crippen molar-refractivity contribution >= 4 is 16.9 Å². The number of aliphatic imine (C=N–C) groups is 1. The standard InChI is InChI=1S/C17H23F3N4/c1-3-21-16(23-10-8-17(18,19)20)22-9-7-13-11-24-14-6-4-5-12(2)15(13)14/h4-6,11,24H,3,7-10H2,1-2H3,(H2,21,22,23). The molecule has 0 bridgehead atoms. The summed E-state index contributed by atoms with van der Waals surface area (Å²) >= 11 is 0. The zero-order valence-electron chi connectivity index (χ0n) is 13.9. The summed E-state index contributed by atoms with van der Waals surface area (Å²) in [7, 11) is 0. The summed E-state index contributed by atoms with van der Waals surface area (Å²) < 4.78 is 36.6. The molecule has 7 heteroatoms. The number of H-pyrrole nitrogens is 1. The van der Waals surface area contributed by atoms with Crippen molar-refractivity contribution in [2.75, 3.05) is 19.6 Å². The molecule has 1 heterocycles. The molecule has 0 aliphatic rings.